The van der Waals surface area contributed by atoms with E-state index in [9.17, 15) is 34.2 Å². The predicted octanol–water partition coefficient (Wildman–Crippen LogP) is -0.0805. The number of aromatic amines is 1. The van der Waals surface area contributed by atoms with Crippen molar-refractivity contribution in [2.45, 2.75) is 69.1 Å². The Morgan fingerprint density at radius 1 is 0.800 bits per heavy atom. The van der Waals surface area contributed by atoms with Gasteiger partial charge in [-0.3, -0.25) is 19.2 Å². The number of carbonyl (C=O) groups excluding carboxylic acids is 4. The molecule has 0 aliphatic heterocycles. The van der Waals surface area contributed by atoms with Gasteiger partial charge in [0.15, 0.2) is 0 Å². The van der Waals surface area contributed by atoms with E-state index in [0.717, 1.165) is 16.5 Å². The van der Waals surface area contributed by atoms with E-state index >= 15 is 0 Å². The van der Waals surface area contributed by atoms with Gasteiger partial charge in [0.25, 0.3) is 0 Å². The molecule has 0 aliphatic rings. The molecular weight excluding hydrogens is 582 g/mol. The highest BCUT2D eigenvalue weighted by atomic mass is 16.4. The van der Waals surface area contributed by atoms with Gasteiger partial charge in [-0.1, -0.05) is 30.3 Å². The first kappa shape index (κ1) is 34.5. The maximum atomic E-state index is 13.8. The second kappa shape index (κ2) is 16.8. The standard InChI is InChI=1S/C31H41N7O7/c32-14-4-3-7-24(29(42)37-25(31(44)45)12-13-27(34)40)36-30(43)26(16-19-17-35-23-6-2-1-5-21(19)23)38-28(41)22(33)15-18-8-10-20(39)11-9-18/h1-2,5-6,8-11,17,22,24-26,35,39H,3-4,7,12-16,32-33H2,(H2,34,40)(H,36,43)(H,37,42)(H,38,41)(H,44,45). The molecule has 4 amide bonds. The molecule has 0 radical (unpaired) electrons. The second-order valence-corrected chi connectivity index (χ2v) is 10.9. The minimum atomic E-state index is -1.40. The maximum Gasteiger partial charge on any atom is 0.326 e. The summed E-state index contributed by atoms with van der Waals surface area (Å²) in [6.07, 6.45) is 2.58. The molecule has 14 nitrogen and oxygen atoms in total. The van der Waals surface area contributed by atoms with Crippen molar-refractivity contribution < 1.29 is 34.2 Å². The molecule has 14 heteroatoms. The number of hydrogen-bond donors (Lipinski definition) is 9. The molecule has 45 heavy (non-hydrogen) atoms. The Kier molecular flexibility index (Phi) is 12.9. The summed E-state index contributed by atoms with van der Waals surface area (Å²) in [6.45, 7) is 0.344. The molecule has 0 saturated heterocycles. The van der Waals surface area contributed by atoms with Crippen molar-refractivity contribution in [2.24, 2.45) is 17.2 Å². The van der Waals surface area contributed by atoms with E-state index in [0.29, 0.717) is 24.9 Å². The number of nitrogens with one attached hydrogen (secondary N) is 4. The van der Waals surface area contributed by atoms with Crippen LogP contribution in [0.1, 0.15) is 43.2 Å². The molecule has 0 bridgehead atoms. The van der Waals surface area contributed by atoms with E-state index in [4.69, 9.17) is 17.2 Å². The molecule has 0 spiro atoms. The fourth-order valence-corrected chi connectivity index (χ4v) is 4.84. The average molecular weight is 624 g/mol. The summed E-state index contributed by atoms with van der Waals surface area (Å²) >= 11 is 0. The van der Waals surface area contributed by atoms with Gasteiger partial charge >= 0.3 is 5.97 Å². The molecule has 0 aliphatic carbocycles. The number of primary amides is 1. The van der Waals surface area contributed by atoms with Crippen LogP contribution in [0.4, 0.5) is 0 Å². The maximum absolute atomic E-state index is 13.8. The SMILES string of the molecule is NCCCCC(NC(=O)C(Cc1c[nH]c2ccccc12)NC(=O)C(N)Cc1ccc(O)cc1)C(=O)NC(CCC(N)=O)C(=O)O. The van der Waals surface area contributed by atoms with Crippen molar-refractivity contribution in [1.82, 2.24) is 20.9 Å². The zero-order chi connectivity index (χ0) is 32.9. The third-order valence-corrected chi connectivity index (χ3v) is 7.33. The zero-order valence-corrected chi connectivity index (χ0v) is 24.8. The first-order chi connectivity index (χ1) is 21.5. The first-order valence-corrected chi connectivity index (χ1v) is 14.7. The Bertz CT molecular complexity index is 1470. The van der Waals surface area contributed by atoms with Crippen LogP contribution in [0.15, 0.2) is 54.7 Å². The lowest BCUT2D eigenvalue weighted by Crippen LogP contribution is -2.57. The minimum absolute atomic E-state index is 0.0566. The predicted molar refractivity (Wildman–Crippen MR) is 167 cm³/mol. The van der Waals surface area contributed by atoms with E-state index in [1.54, 1.807) is 18.3 Å². The van der Waals surface area contributed by atoms with Gasteiger partial charge < -0.3 is 48.3 Å². The lowest BCUT2D eigenvalue weighted by molar-refractivity contribution is -0.142. The smallest absolute Gasteiger partial charge is 0.326 e. The number of carboxylic acids is 1. The van der Waals surface area contributed by atoms with Gasteiger partial charge in [0.1, 0.15) is 23.9 Å². The van der Waals surface area contributed by atoms with Gasteiger partial charge in [-0.15, -0.1) is 0 Å². The summed E-state index contributed by atoms with van der Waals surface area (Å²) in [5.74, 6) is -4.06. The normalized spacial score (nSPS) is 13.7. The van der Waals surface area contributed by atoms with Crippen LogP contribution in [0.2, 0.25) is 0 Å². The van der Waals surface area contributed by atoms with E-state index < -0.39 is 53.8 Å². The van der Waals surface area contributed by atoms with E-state index in [1.165, 1.54) is 12.1 Å². The Balaban J connectivity index is 1.82. The number of para-hydroxylation sites is 1. The minimum Gasteiger partial charge on any atom is -0.508 e. The van der Waals surface area contributed by atoms with Crippen LogP contribution < -0.4 is 33.2 Å². The number of aliphatic carboxylic acids is 1. The molecule has 3 aromatic rings. The Labute approximate surface area is 260 Å². The van der Waals surface area contributed by atoms with Crippen LogP contribution in [-0.4, -0.2) is 75.5 Å². The van der Waals surface area contributed by atoms with Crippen molar-refractivity contribution in [3.63, 3.8) is 0 Å². The lowest BCUT2D eigenvalue weighted by Gasteiger charge is -2.25. The van der Waals surface area contributed by atoms with Crippen molar-refractivity contribution >= 4 is 40.5 Å². The van der Waals surface area contributed by atoms with Crippen molar-refractivity contribution in [3.8, 4) is 5.75 Å². The Morgan fingerprint density at radius 3 is 2.11 bits per heavy atom. The van der Waals surface area contributed by atoms with Crippen LogP contribution in [0.5, 0.6) is 5.75 Å². The molecule has 2 aromatic carbocycles. The number of aromatic hydroxyl groups is 1. The molecule has 4 unspecified atom stereocenters. The van der Waals surface area contributed by atoms with Gasteiger partial charge in [0.2, 0.25) is 23.6 Å². The number of phenolic OH excluding ortho intramolecular Hbond substituents is 1. The number of phenols is 1. The number of rotatable bonds is 18. The van der Waals surface area contributed by atoms with Crippen LogP contribution in [-0.2, 0) is 36.8 Å². The first-order valence-electron chi connectivity index (χ1n) is 14.7. The number of fused-ring (bicyclic) bond motifs is 1. The second-order valence-electron chi connectivity index (χ2n) is 10.9. The number of benzene rings is 2. The summed E-state index contributed by atoms with van der Waals surface area (Å²) < 4.78 is 0. The van der Waals surface area contributed by atoms with Crippen molar-refractivity contribution in [1.29, 1.82) is 0 Å². The van der Waals surface area contributed by atoms with E-state index in [-0.39, 0.29) is 37.9 Å². The van der Waals surface area contributed by atoms with Gasteiger partial charge in [-0.2, -0.15) is 0 Å². The highest BCUT2D eigenvalue weighted by molar-refractivity contribution is 5.95. The van der Waals surface area contributed by atoms with Gasteiger partial charge in [-0.25, -0.2) is 4.79 Å². The number of hydrogen-bond acceptors (Lipinski definition) is 8. The van der Waals surface area contributed by atoms with Crippen LogP contribution in [0.3, 0.4) is 0 Å². The molecule has 12 N–H and O–H groups in total. The van der Waals surface area contributed by atoms with Crippen LogP contribution in [0, 0.1) is 0 Å². The molecule has 1 aromatic heterocycles. The number of unbranched alkanes of at least 4 members (excludes halogenated alkanes) is 1. The number of nitrogens with two attached hydrogens (primary N) is 3. The summed E-state index contributed by atoms with van der Waals surface area (Å²) in [4.78, 5) is 66.3. The van der Waals surface area contributed by atoms with E-state index in [2.05, 4.69) is 20.9 Å². The average Bonchev–Trinajstić information content (AvgIpc) is 3.41. The van der Waals surface area contributed by atoms with Gasteiger partial charge in [-0.05, 0) is 68.0 Å². The van der Waals surface area contributed by atoms with E-state index in [1.807, 2.05) is 24.3 Å². The summed E-state index contributed by atoms with van der Waals surface area (Å²) in [7, 11) is 0. The summed E-state index contributed by atoms with van der Waals surface area (Å²) in [5.41, 5.74) is 19.2. The monoisotopic (exact) mass is 623 g/mol. The molecule has 242 valence electrons. The summed E-state index contributed by atoms with van der Waals surface area (Å²) in [6, 6.07) is 8.92. The van der Waals surface area contributed by atoms with Gasteiger partial charge in [0, 0.05) is 29.9 Å². The zero-order valence-electron chi connectivity index (χ0n) is 24.8. The molecule has 1 heterocycles. The fraction of sp³-hybridized carbons (Fsp3) is 0.387. The number of carbonyl (C=O) groups is 5. The topological polar surface area (TPSA) is 256 Å². The number of amides is 4. The van der Waals surface area contributed by atoms with Crippen molar-refractivity contribution in [2.75, 3.05) is 6.54 Å². The quantitative estimate of drug-likeness (QED) is 0.0857. The third kappa shape index (κ3) is 10.6. The highest BCUT2D eigenvalue weighted by Gasteiger charge is 2.31. The lowest BCUT2D eigenvalue weighted by atomic mass is 10.0. The van der Waals surface area contributed by atoms with Crippen molar-refractivity contribution in [3.05, 3.63) is 65.9 Å². The summed E-state index contributed by atoms with van der Waals surface area (Å²) in [5, 5.41) is 27.7. The number of aromatic nitrogens is 1. The van der Waals surface area contributed by atoms with Crippen LogP contribution in [0.25, 0.3) is 10.9 Å². The largest absolute Gasteiger partial charge is 0.508 e. The Morgan fingerprint density at radius 2 is 1.44 bits per heavy atom. The molecule has 3 rings (SSSR count). The fourth-order valence-electron chi connectivity index (χ4n) is 4.84. The molecule has 0 saturated carbocycles. The molecular formula is C31H41N7O7. The molecule has 0 fully saturated rings. The number of carboxylic acid groups (broad SMARTS) is 1. The third-order valence-electron chi connectivity index (χ3n) is 7.33. The van der Waals surface area contributed by atoms with Crippen LogP contribution >= 0.6 is 0 Å². The van der Waals surface area contributed by atoms with Gasteiger partial charge in [0.05, 0.1) is 6.04 Å². The molecule has 4 atom stereocenters. The highest BCUT2D eigenvalue weighted by Crippen LogP contribution is 2.20. The Hall–Kier alpha value is -4.95. The number of H-pyrrole nitrogens is 1.